The summed E-state index contributed by atoms with van der Waals surface area (Å²) in [6.07, 6.45) is 1.57. The summed E-state index contributed by atoms with van der Waals surface area (Å²) in [6.45, 7) is 6.87. The fourth-order valence-corrected chi connectivity index (χ4v) is 3.25. The van der Waals surface area contributed by atoms with Gasteiger partial charge in [0, 0.05) is 15.6 Å². The van der Waals surface area contributed by atoms with Crippen LogP contribution in [0, 0.1) is 6.92 Å². The first-order valence-corrected chi connectivity index (χ1v) is 9.68. The van der Waals surface area contributed by atoms with Crippen LogP contribution in [0.25, 0.3) is 6.08 Å². The van der Waals surface area contributed by atoms with E-state index in [0.717, 1.165) is 0 Å². The highest BCUT2D eigenvalue weighted by Gasteiger charge is 2.30. The standard InChI is InChI=1S/C22H20Cl2O5/c1-12-17(27-11-19(25)29-22(2,3)4)8-7-15-20(26)18(28-21(12)15)9-13-5-6-14(23)10-16(13)24/h5-10H,11H2,1-4H3/b18-9-. The van der Waals surface area contributed by atoms with E-state index in [4.69, 9.17) is 37.4 Å². The molecule has 2 aromatic carbocycles. The minimum atomic E-state index is -0.592. The van der Waals surface area contributed by atoms with Gasteiger partial charge in [0.05, 0.1) is 5.56 Å². The molecule has 1 aliphatic rings. The summed E-state index contributed by atoms with van der Waals surface area (Å²) in [5.41, 5.74) is 1.06. The molecule has 0 amide bonds. The van der Waals surface area contributed by atoms with Crippen molar-refractivity contribution in [2.45, 2.75) is 33.3 Å². The van der Waals surface area contributed by atoms with Gasteiger partial charge in [-0.05, 0) is 63.6 Å². The average Bonchev–Trinajstić information content (AvgIpc) is 2.92. The van der Waals surface area contributed by atoms with Crippen molar-refractivity contribution in [3.63, 3.8) is 0 Å². The summed E-state index contributed by atoms with van der Waals surface area (Å²) >= 11 is 12.1. The topological polar surface area (TPSA) is 61.8 Å². The summed E-state index contributed by atoms with van der Waals surface area (Å²) in [4.78, 5) is 24.6. The van der Waals surface area contributed by atoms with Crippen LogP contribution in [-0.4, -0.2) is 24.0 Å². The zero-order chi connectivity index (χ0) is 21.3. The van der Waals surface area contributed by atoms with E-state index in [-0.39, 0.29) is 18.1 Å². The number of hydrogen-bond donors (Lipinski definition) is 0. The number of hydrogen-bond acceptors (Lipinski definition) is 5. The number of Topliss-reactive ketones (excluding diaryl/α,β-unsaturated/α-hetero) is 1. The minimum Gasteiger partial charge on any atom is -0.481 e. The second-order valence-electron chi connectivity index (χ2n) is 7.55. The summed E-state index contributed by atoms with van der Waals surface area (Å²) in [5, 5.41) is 0.914. The Labute approximate surface area is 179 Å². The highest BCUT2D eigenvalue weighted by molar-refractivity contribution is 6.35. The Morgan fingerprint density at radius 3 is 2.55 bits per heavy atom. The second kappa shape index (κ2) is 8.09. The van der Waals surface area contributed by atoms with Crippen molar-refractivity contribution in [3.8, 4) is 11.5 Å². The highest BCUT2D eigenvalue weighted by atomic mass is 35.5. The van der Waals surface area contributed by atoms with Gasteiger partial charge in [0.25, 0.3) is 0 Å². The van der Waals surface area contributed by atoms with Crippen molar-refractivity contribution in [2.24, 2.45) is 0 Å². The molecule has 0 aromatic heterocycles. The molecule has 0 N–H and O–H groups in total. The van der Waals surface area contributed by atoms with Crippen LogP contribution in [0.4, 0.5) is 0 Å². The number of rotatable bonds is 4. The third-order valence-corrected chi connectivity index (χ3v) is 4.61. The van der Waals surface area contributed by atoms with E-state index < -0.39 is 11.6 Å². The molecule has 0 saturated carbocycles. The lowest BCUT2D eigenvalue weighted by atomic mass is 10.1. The van der Waals surface area contributed by atoms with Crippen LogP contribution in [0.3, 0.4) is 0 Å². The van der Waals surface area contributed by atoms with Gasteiger partial charge in [-0.25, -0.2) is 4.79 Å². The monoisotopic (exact) mass is 434 g/mol. The van der Waals surface area contributed by atoms with Crippen LogP contribution in [-0.2, 0) is 9.53 Å². The molecule has 0 fully saturated rings. The Balaban J connectivity index is 1.80. The number of carbonyl (C=O) groups is 2. The van der Waals surface area contributed by atoms with Crippen LogP contribution >= 0.6 is 23.2 Å². The first kappa shape index (κ1) is 21.2. The van der Waals surface area contributed by atoms with Crippen molar-refractivity contribution < 1.29 is 23.8 Å². The third kappa shape index (κ3) is 4.92. The van der Waals surface area contributed by atoms with Crippen LogP contribution in [0.15, 0.2) is 36.1 Å². The minimum absolute atomic E-state index is 0.150. The molecule has 2 aromatic rings. The molecule has 0 radical (unpaired) electrons. The lowest BCUT2D eigenvalue weighted by Crippen LogP contribution is -2.27. The molecule has 3 rings (SSSR count). The molecule has 0 unspecified atom stereocenters. The Hall–Kier alpha value is -2.50. The molecule has 0 spiro atoms. The lowest BCUT2D eigenvalue weighted by Gasteiger charge is -2.19. The van der Waals surface area contributed by atoms with Crippen molar-refractivity contribution in [1.82, 2.24) is 0 Å². The van der Waals surface area contributed by atoms with Gasteiger partial charge in [-0.2, -0.15) is 0 Å². The number of benzene rings is 2. The van der Waals surface area contributed by atoms with Gasteiger partial charge in [0.1, 0.15) is 17.1 Å². The van der Waals surface area contributed by atoms with Gasteiger partial charge >= 0.3 is 5.97 Å². The van der Waals surface area contributed by atoms with E-state index in [9.17, 15) is 9.59 Å². The van der Waals surface area contributed by atoms with Gasteiger partial charge in [-0.15, -0.1) is 0 Å². The number of ketones is 1. The van der Waals surface area contributed by atoms with E-state index >= 15 is 0 Å². The molecule has 1 heterocycles. The quantitative estimate of drug-likeness (QED) is 0.460. The van der Waals surface area contributed by atoms with Gasteiger partial charge in [0.2, 0.25) is 5.78 Å². The summed E-state index contributed by atoms with van der Waals surface area (Å²) in [6, 6.07) is 8.23. The van der Waals surface area contributed by atoms with Crippen molar-refractivity contribution >= 4 is 41.0 Å². The molecule has 1 aliphatic heterocycles. The Morgan fingerprint density at radius 2 is 1.90 bits per heavy atom. The lowest BCUT2D eigenvalue weighted by molar-refractivity contribution is -0.157. The number of fused-ring (bicyclic) bond motifs is 1. The number of halogens is 2. The van der Waals surface area contributed by atoms with Crippen LogP contribution in [0.2, 0.25) is 10.0 Å². The Morgan fingerprint density at radius 1 is 1.17 bits per heavy atom. The molecule has 0 saturated heterocycles. The summed E-state index contributed by atoms with van der Waals surface area (Å²) < 4.78 is 16.6. The summed E-state index contributed by atoms with van der Waals surface area (Å²) in [5.74, 6) is 0.248. The molecule has 5 nitrogen and oxygen atoms in total. The van der Waals surface area contributed by atoms with Gasteiger partial charge in [-0.3, -0.25) is 4.79 Å². The zero-order valence-electron chi connectivity index (χ0n) is 16.5. The second-order valence-corrected chi connectivity index (χ2v) is 8.39. The zero-order valence-corrected chi connectivity index (χ0v) is 18.0. The van der Waals surface area contributed by atoms with Crippen LogP contribution < -0.4 is 9.47 Å². The maximum atomic E-state index is 12.7. The number of ether oxygens (including phenoxy) is 3. The molecular formula is C22H20Cl2O5. The fourth-order valence-electron chi connectivity index (χ4n) is 2.79. The van der Waals surface area contributed by atoms with E-state index in [1.807, 2.05) is 0 Å². The van der Waals surface area contributed by atoms with E-state index in [2.05, 4.69) is 0 Å². The normalized spacial score (nSPS) is 14.6. The maximum absolute atomic E-state index is 12.7. The van der Waals surface area contributed by atoms with E-state index in [0.29, 0.717) is 38.2 Å². The Bertz CT molecular complexity index is 1020. The Kier molecular flexibility index (Phi) is 5.92. The molecule has 29 heavy (non-hydrogen) atoms. The molecule has 152 valence electrons. The highest BCUT2D eigenvalue weighted by Crippen LogP contribution is 2.39. The predicted molar refractivity (Wildman–Crippen MR) is 112 cm³/mol. The third-order valence-electron chi connectivity index (χ3n) is 4.05. The largest absolute Gasteiger partial charge is 0.481 e. The predicted octanol–water partition coefficient (Wildman–Crippen LogP) is 5.64. The van der Waals surface area contributed by atoms with Gasteiger partial charge in [-0.1, -0.05) is 29.3 Å². The number of allylic oxidation sites excluding steroid dienone is 1. The number of esters is 1. The smallest absolute Gasteiger partial charge is 0.344 e. The molecule has 0 bridgehead atoms. The van der Waals surface area contributed by atoms with Gasteiger partial charge < -0.3 is 14.2 Å². The molecular weight excluding hydrogens is 415 g/mol. The van der Waals surface area contributed by atoms with Crippen LogP contribution in [0.5, 0.6) is 11.5 Å². The first-order chi connectivity index (χ1) is 13.5. The van der Waals surface area contributed by atoms with Crippen LogP contribution in [0.1, 0.15) is 42.3 Å². The summed E-state index contributed by atoms with van der Waals surface area (Å²) in [7, 11) is 0. The number of carbonyl (C=O) groups excluding carboxylic acids is 2. The van der Waals surface area contributed by atoms with E-state index in [1.165, 1.54) is 0 Å². The van der Waals surface area contributed by atoms with E-state index in [1.54, 1.807) is 64.1 Å². The first-order valence-electron chi connectivity index (χ1n) is 8.93. The molecule has 0 aliphatic carbocycles. The van der Waals surface area contributed by atoms with Crippen molar-refractivity contribution in [3.05, 3.63) is 62.8 Å². The average molecular weight is 435 g/mol. The molecule has 7 heteroatoms. The molecule has 0 atom stereocenters. The van der Waals surface area contributed by atoms with Crippen molar-refractivity contribution in [1.29, 1.82) is 0 Å². The SMILES string of the molecule is Cc1c(OCC(=O)OC(C)(C)C)ccc2c1O/C(=C\c1ccc(Cl)cc1Cl)C2=O. The fraction of sp³-hybridized carbons (Fsp3) is 0.273. The maximum Gasteiger partial charge on any atom is 0.344 e. The van der Waals surface area contributed by atoms with Gasteiger partial charge in [0.15, 0.2) is 12.4 Å². The van der Waals surface area contributed by atoms with Crippen molar-refractivity contribution in [2.75, 3.05) is 6.61 Å².